The van der Waals surface area contributed by atoms with Gasteiger partial charge in [-0.15, -0.1) is 0 Å². The number of methoxy groups -OCH3 is 1. The van der Waals surface area contributed by atoms with E-state index in [2.05, 4.69) is 10.2 Å². The number of para-hydroxylation sites is 1. The largest absolute Gasteiger partial charge is 0.497 e. The Morgan fingerprint density at radius 1 is 1.04 bits per heavy atom. The summed E-state index contributed by atoms with van der Waals surface area (Å²) in [5.74, 6) is 0.635. The van der Waals surface area contributed by atoms with E-state index >= 15 is 0 Å². The van der Waals surface area contributed by atoms with Crippen LogP contribution in [0.5, 0.6) is 5.75 Å². The van der Waals surface area contributed by atoms with Gasteiger partial charge in [0, 0.05) is 5.56 Å². The average Bonchev–Trinajstić information content (AvgIpc) is 3.07. The Labute approximate surface area is 160 Å². The van der Waals surface area contributed by atoms with Crippen molar-refractivity contribution in [2.45, 2.75) is 6.18 Å². The number of aromatic nitrogens is 2. The van der Waals surface area contributed by atoms with Crippen LogP contribution in [0, 0.1) is 0 Å². The fourth-order valence-corrected chi connectivity index (χ4v) is 2.25. The van der Waals surface area contributed by atoms with Crippen molar-refractivity contribution >= 4 is 10.0 Å². The van der Waals surface area contributed by atoms with Crippen LogP contribution < -0.4 is 9.88 Å². The molecule has 6 nitrogen and oxygen atoms in total. The minimum atomic E-state index is -4.50. The molecule has 0 atom stereocenters. The molecular weight excluding hydrogens is 395 g/mol. The van der Waals surface area contributed by atoms with E-state index in [0.29, 0.717) is 22.7 Å². The highest BCUT2D eigenvalue weighted by molar-refractivity contribution is 7.88. The lowest BCUT2D eigenvalue weighted by atomic mass is 10.1. The van der Waals surface area contributed by atoms with E-state index < -0.39 is 21.9 Å². The van der Waals surface area contributed by atoms with E-state index in [0.717, 1.165) is 12.3 Å². The smallest absolute Gasteiger partial charge is 0.435 e. The van der Waals surface area contributed by atoms with Gasteiger partial charge in [-0.25, -0.2) is 18.2 Å². The summed E-state index contributed by atoms with van der Waals surface area (Å²) in [7, 11) is -1.63. The first-order chi connectivity index (χ1) is 13.0. The Kier molecular flexibility index (Phi) is 6.47. The van der Waals surface area contributed by atoms with Crippen LogP contribution in [0.25, 0.3) is 16.9 Å². The summed E-state index contributed by atoms with van der Waals surface area (Å²) >= 11 is 0. The molecule has 10 heteroatoms. The molecule has 0 amide bonds. The first kappa shape index (κ1) is 21.5. The van der Waals surface area contributed by atoms with Gasteiger partial charge in [0.2, 0.25) is 10.0 Å². The molecule has 1 heterocycles. The molecule has 3 aromatic rings. The van der Waals surface area contributed by atoms with Crippen LogP contribution in [0.3, 0.4) is 0 Å². The zero-order valence-electron chi connectivity index (χ0n) is 15.0. The van der Waals surface area contributed by atoms with Gasteiger partial charge >= 0.3 is 6.18 Å². The van der Waals surface area contributed by atoms with E-state index in [9.17, 15) is 21.6 Å². The summed E-state index contributed by atoms with van der Waals surface area (Å²) in [5.41, 5.74) is 0.629. The number of halogens is 3. The molecular formula is C18H18F3N3O3S. The van der Waals surface area contributed by atoms with E-state index in [1.54, 1.807) is 54.6 Å². The molecule has 0 bridgehead atoms. The van der Waals surface area contributed by atoms with E-state index in [1.165, 1.54) is 11.8 Å². The minimum Gasteiger partial charge on any atom is -0.497 e. The SMILES string of the molecule is COc1ccc(-c2cc(C(F)(F)F)nn2-c2ccccc2)cc1.CS(N)(=O)=O. The van der Waals surface area contributed by atoms with Crippen molar-refractivity contribution in [3.8, 4) is 22.7 Å². The van der Waals surface area contributed by atoms with Crippen molar-refractivity contribution in [1.82, 2.24) is 9.78 Å². The summed E-state index contributed by atoms with van der Waals surface area (Å²) in [6.45, 7) is 0. The molecule has 0 radical (unpaired) electrons. The maximum absolute atomic E-state index is 13.0. The highest BCUT2D eigenvalue weighted by Crippen LogP contribution is 2.33. The van der Waals surface area contributed by atoms with Gasteiger partial charge in [0.1, 0.15) is 5.75 Å². The molecule has 0 spiro atoms. The van der Waals surface area contributed by atoms with Gasteiger partial charge in [-0.2, -0.15) is 18.3 Å². The van der Waals surface area contributed by atoms with Crippen molar-refractivity contribution in [3.63, 3.8) is 0 Å². The standard InChI is InChI=1S/C17H13F3N2O.CH5NO2S/c1-23-14-9-7-12(8-10-14)15-11-16(17(18,19)20)21-22(15)13-5-3-2-4-6-13;1-5(2,3)4/h2-11H,1H3;1H3,(H2,2,3,4). The van der Waals surface area contributed by atoms with Crippen molar-refractivity contribution in [3.05, 3.63) is 66.4 Å². The maximum Gasteiger partial charge on any atom is 0.435 e. The van der Waals surface area contributed by atoms with Crippen molar-refractivity contribution in [2.75, 3.05) is 13.4 Å². The molecule has 0 saturated carbocycles. The highest BCUT2D eigenvalue weighted by Gasteiger charge is 2.35. The maximum atomic E-state index is 13.0. The van der Waals surface area contributed by atoms with Crippen LogP contribution in [-0.4, -0.2) is 31.6 Å². The second kappa shape index (κ2) is 8.44. The van der Waals surface area contributed by atoms with Gasteiger partial charge in [-0.1, -0.05) is 18.2 Å². The molecule has 0 fully saturated rings. The number of alkyl halides is 3. The lowest BCUT2D eigenvalue weighted by molar-refractivity contribution is -0.141. The van der Waals surface area contributed by atoms with E-state index in [-0.39, 0.29) is 0 Å². The van der Waals surface area contributed by atoms with Gasteiger partial charge in [0.25, 0.3) is 0 Å². The zero-order chi connectivity index (χ0) is 20.9. The van der Waals surface area contributed by atoms with Gasteiger partial charge in [0.15, 0.2) is 5.69 Å². The number of rotatable bonds is 3. The Balaban J connectivity index is 0.000000500. The number of sulfonamides is 1. The second-order valence-corrected chi connectivity index (χ2v) is 7.38. The number of ether oxygens (including phenoxy) is 1. The van der Waals surface area contributed by atoms with Gasteiger partial charge in [-0.05, 0) is 42.5 Å². The molecule has 0 unspecified atom stereocenters. The predicted molar refractivity (Wildman–Crippen MR) is 99.6 cm³/mol. The van der Waals surface area contributed by atoms with Gasteiger partial charge < -0.3 is 4.74 Å². The second-order valence-electron chi connectivity index (χ2n) is 5.72. The zero-order valence-corrected chi connectivity index (χ0v) is 15.8. The highest BCUT2D eigenvalue weighted by atomic mass is 32.2. The van der Waals surface area contributed by atoms with E-state index in [4.69, 9.17) is 4.74 Å². The Hall–Kier alpha value is -2.85. The van der Waals surface area contributed by atoms with Crippen LogP contribution in [0.1, 0.15) is 5.69 Å². The fraction of sp³-hybridized carbons (Fsp3) is 0.167. The topological polar surface area (TPSA) is 87.2 Å². The van der Waals surface area contributed by atoms with Crippen LogP contribution in [0.2, 0.25) is 0 Å². The van der Waals surface area contributed by atoms with E-state index in [1.807, 2.05) is 0 Å². The quantitative estimate of drug-likeness (QED) is 0.712. The first-order valence-electron chi connectivity index (χ1n) is 7.84. The average molecular weight is 413 g/mol. The molecule has 2 N–H and O–H groups in total. The molecule has 150 valence electrons. The van der Waals surface area contributed by atoms with Gasteiger partial charge in [-0.3, -0.25) is 0 Å². The number of hydrogen-bond acceptors (Lipinski definition) is 4. The molecule has 1 aromatic heterocycles. The van der Waals surface area contributed by atoms with Crippen LogP contribution >= 0.6 is 0 Å². The molecule has 0 saturated heterocycles. The Morgan fingerprint density at radius 3 is 2.04 bits per heavy atom. The molecule has 0 aliphatic rings. The number of primary sulfonamides is 1. The van der Waals surface area contributed by atoms with Crippen molar-refractivity contribution < 1.29 is 26.3 Å². The summed E-state index contributed by atoms with van der Waals surface area (Å²) in [4.78, 5) is 0. The Bertz CT molecular complexity index is 1010. The monoisotopic (exact) mass is 413 g/mol. The lowest BCUT2D eigenvalue weighted by Crippen LogP contribution is -2.07. The normalized spacial score (nSPS) is 11.5. The molecule has 3 rings (SSSR count). The van der Waals surface area contributed by atoms with Crippen molar-refractivity contribution in [2.24, 2.45) is 5.14 Å². The molecule has 0 aliphatic heterocycles. The minimum absolute atomic E-state index is 0.367. The fourth-order valence-electron chi connectivity index (χ4n) is 2.25. The third-order valence-electron chi connectivity index (χ3n) is 3.39. The van der Waals surface area contributed by atoms with Crippen LogP contribution in [0.15, 0.2) is 60.7 Å². The third kappa shape index (κ3) is 6.10. The van der Waals surface area contributed by atoms with Crippen LogP contribution in [-0.2, 0) is 16.2 Å². The van der Waals surface area contributed by atoms with Crippen LogP contribution in [0.4, 0.5) is 13.2 Å². The summed E-state index contributed by atoms with van der Waals surface area (Å²) in [5, 5.41) is 8.06. The predicted octanol–water partition coefficient (Wildman–Crippen LogP) is 3.47. The lowest BCUT2D eigenvalue weighted by Gasteiger charge is -2.08. The third-order valence-corrected chi connectivity index (χ3v) is 3.39. The number of nitrogens with zero attached hydrogens (tertiary/aromatic N) is 2. The Morgan fingerprint density at radius 2 is 1.57 bits per heavy atom. The summed E-state index contributed by atoms with van der Waals surface area (Å²) < 4.78 is 64.3. The summed E-state index contributed by atoms with van der Waals surface area (Å²) in [6, 6.07) is 16.6. The molecule has 0 aliphatic carbocycles. The number of hydrogen-bond donors (Lipinski definition) is 1. The number of benzene rings is 2. The molecule has 2 aromatic carbocycles. The molecule has 28 heavy (non-hydrogen) atoms. The first-order valence-corrected chi connectivity index (χ1v) is 9.79. The van der Waals surface area contributed by atoms with Crippen molar-refractivity contribution in [1.29, 1.82) is 0 Å². The summed E-state index contributed by atoms with van der Waals surface area (Å²) in [6.07, 6.45) is -3.56. The number of nitrogens with two attached hydrogens (primary N) is 1. The van der Waals surface area contributed by atoms with Gasteiger partial charge in [0.05, 0.1) is 24.7 Å².